The van der Waals surface area contributed by atoms with Gasteiger partial charge in [-0.25, -0.2) is 15.0 Å². The fraction of sp³-hybridized carbons (Fsp3) is 0.0435. The van der Waals surface area contributed by atoms with Crippen molar-refractivity contribution in [2.45, 2.75) is 6.18 Å². The first-order chi connectivity index (χ1) is 15.5. The number of nitrogens with zero attached hydrogens (tertiary/aromatic N) is 6. The maximum Gasteiger partial charge on any atom is 0.433 e. The second-order valence-electron chi connectivity index (χ2n) is 6.84. The topological polar surface area (TPSA) is 77.3 Å². The summed E-state index contributed by atoms with van der Waals surface area (Å²) < 4.78 is 39.0. The molecule has 0 amide bonds. The first-order valence-corrected chi connectivity index (χ1v) is 9.53. The van der Waals surface area contributed by atoms with Gasteiger partial charge in [-0.1, -0.05) is 18.2 Å². The minimum absolute atomic E-state index is 0.331. The van der Waals surface area contributed by atoms with Gasteiger partial charge in [-0.2, -0.15) is 13.2 Å². The van der Waals surface area contributed by atoms with Crippen LogP contribution in [0.15, 0.2) is 79.4 Å². The molecule has 0 N–H and O–H groups in total. The van der Waals surface area contributed by atoms with Crippen LogP contribution in [0, 0.1) is 0 Å². The van der Waals surface area contributed by atoms with Crippen LogP contribution in [0.3, 0.4) is 0 Å². The third-order valence-corrected chi connectivity index (χ3v) is 4.73. The number of alkyl halides is 3. The third kappa shape index (κ3) is 3.76. The molecule has 156 valence electrons. The van der Waals surface area contributed by atoms with Gasteiger partial charge in [0.25, 0.3) is 0 Å². The van der Waals surface area contributed by atoms with Crippen LogP contribution < -0.4 is 0 Å². The van der Waals surface area contributed by atoms with Crippen LogP contribution in [0.1, 0.15) is 5.69 Å². The summed E-state index contributed by atoms with van der Waals surface area (Å²) in [6.07, 6.45) is 1.38. The number of aromatic nitrogens is 6. The molecule has 0 aliphatic rings. The van der Waals surface area contributed by atoms with Crippen molar-refractivity contribution in [1.29, 1.82) is 0 Å². The van der Waals surface area contributed by atoms with E-state index in [1.54, 1.807) is 36.8 Å². The minimum atomic E-state index is -4.53. The van der Waals surface area contributed by atoms with Crippen molar-refractivity contribution in [3.8, 4) is 34.0 Å². The Morgan fingerprint density at radius 1 is 0.625 bits per heavy atom. The summed E-state index contributed by atoms with van der Waals surface area (Å²) in [5.74, 6) is 0.331. The molecule has 0 saturated heterocycles. The Morgan fingerprint density at radius 3 is 2.16 bits per heavy atom. The second kappa shape index (κ2) is 7.77. The Morgan fingerprint density at radius 2 is 1.44 bits per heavy atom. The number of benzene rings is 1. The van der Waals surface area contributed by atoms with Gasteiger partial charge in [-0.3, -0.25) is 15.0 Å². The zero-order valence-corrected chi connectivity index (χ0v) is 16.3. The van der Waals surface area contributed by atoms with E-state index in [2.05, 4.69) is 29.9 Å². The zero-order valence-electron chi connectivity index (χ0n) is 16.3. The Labute approximate surface area is 179 Å². The molecule has 0 fully saturated rings. The Hall–Kier alpha value is -4.27. The summed E-state index contributed by atoms with van der Waals surface area (Å²) >= 11 is 0. The first-order valence-electron chi connectivity index (χ1n) is 9.53. The van der Waals surface area contributed by atoms with Gasteiger partial charge in [0.2, 0.25) is 0 Å². The molecular weight excluding hydrogens is 417 g/mol. The third-order valence-electron chi connectivity index (χ3n) is 4.73. The molecule has 6 nitrogen and oxygen atoms in total. The summed E-state index contributed by atoms with van der Waals surface area (Å²) in [6, 6.07) is 15.0. The quantitative estimate of drug-likeness (QED) is 0.390. The summed E-state index contributed by atoms with van der Waals surface area (Å²) in [5, 5.41) is 0. The summed E-state index contributed by atoms with van der Waals surface area (Å²) in [7, 11) is 0. The molecule has 0 radical (unpaired) electrons. The second-order valence-corrected chi connectivity index (χ2v) is 6.84. The highest BCUT2D eigenvalue weighted by molar-refractivity contribution is 5.82. The van der Waals surface area contributed by atoms with E-state index >= 15 is 0 Å². The smallest absolute Gasteiger partial charge is 0.253 e. The van der Waals surface area contributed by atoms with E-state index in [0.717, 1.165) is 17.8 Å². The molecule has 0 saturated carbocycles. The van der Waals surface area contributed by atoms with Crippen molar-refractivity contribution < 1.29 is 13.2 Å². The van der Waals surface area contributed by atoms with Crippen molar-refractivity contribution in [3.05, 3.63) is 85.1 Å². The molecule has 4 aromatic heterocycles. The molecule has 0 bridgehead atoms. The maximum absolute atomic E-state index is 13.0. The van der Waals surface area contributed by atoms with Gasteiger partial charge in [0.05, 0.1) is 28.6 Å². The number of halogens is 3. The molecular formula is C23H13F3N6. The average molecular weight is 430 g/mol. The largest absolute Gasteiger partial charge is 0.433 e. The lowest BCUT2D eigenvalue weighted by atomic mass is 10.1. The molecule has 5 rings (SSSR count). The van der Waals surface area contributed by atoms with Gasteiger partial charge in [0.1, 0.15) is 11.4 Å². The van der Waals surface area contributed by atoms with Crippen LogP contribution in [-0.2, 0) is 6.18 Å². The molecule has 1 aromatic carbocycles. The molecule has 4 heterocycles. The van der Waals surface area contributed by atoms with Gasteiger partial charge in [-0.15, -0.1) is 0 Å². The lowest BCUT2D eigenvalue weighted by Crippen LogP contribution is -2.07. The van der Waals surface area contributed by atoms with E-state index in [1.807, 2.05) is 24.3 Å². The number of rotatable bonds is 3. The highest BCUT2D eigenvalue weighted by atomic mass is 19.4. The number of hydrogen-bond donors (Lipinski definition) is 0. The zero-order chi connectivity index (χ0) is 22.1. The highest BCUT2D eigenvalue weighted by Crippen LogP contribution is 2.33. The molecule has 0 aliphatic carbocycles. The van der Waals surface area contributed by atoms with Crippen molar-refractivity contribution in [2.75, 3.05) is 0 Å². The van der Waals surface area contributed by atoms with Crippen molar-refractivity contribution in [2.24, 2.45) is 0 Å². The predicted octanol–water partition coefficient (Wildman–Crippen LogP) is 5.23. The number of para-hydroxylation sites is 2. The van der Waals surface area contributed by atoms with Crippen LogP contribution in [0.4, 0.5) is 13.2 Å². The fourth-order valence-electron chi connectivity index (χ4n) is 3.20. The van der Waals surface area contributed by atoms with Crippen LogP contribution in [0.5, 0.6) is 0 Å². The van der Waals surface area contributed by atoms with Gasteiger partial charge >= 0.3 is 6.18 Å². The van der Waals surface area contributed by atoms with E-state index in [9.17, 15) is 13.2 Å². The standard InChI is InChI=1S/C23H13F3N6/c24-23(25,26)20-9-8-14(11-29-20)21-15(12-30-22(32-21)18-7-3-4-10-27-18)19-13-28-16-5-1-2-6-17(16)31-19/h1-13H. The molecule has 0 unspecified atom stereocenters. The average Bonchev–Trinajstić information content (AvgIpc) is 2.83. The van der Waals surface area contributed by atoms with Gasteiger partial charge in [-0.05, 0) is 36.4 Å². The van der Waals surface area contributed by atoms with E-state index in [0.29, 0.717) is 39.5 Å². The highest BCUT2D eigenvalue weighted by Gasteiger charge is 2.32. The fourth-order valence-corrected chi connectivity index (χ4v) is 3.20. The summed E-state index contributed by atoms with van der Waals surface area (Å²) in [5.41, 5.74) is 2.73. The van der Waals surface area contributed by atoms with Crippen LogP contribution >= 0.6 is 0 Å². The monoisotopic (exact) mass is 430 g/mol. The van der Waals surface area contributed by atoms with Crippen LogP contribution in [0.25, 0.3) is 45.1 Å². The van der Waals surface area contributed by atoms with Gasteiger partial charge < -0.3 is 0 Å². The lowest BCUT2D eigenvalue weighted by Gasteiger charge is -2.11. The van der Waals surface area contributed by atoms with Crippen LogP contribution in [0.2, 0.25) is 0 Å². The minimum Gasteiger partial charge on any atom is -0.253 e. The molecule has 5 aromatic rings. The first kappa shape index (κ1) is 19.7. The van der Waals surface area contributed by atoms with E-state index < -0.39 is 11.9 Å². The van der Waals surface area contributed by atoms with Crippen molar-refractivity contribution >= 4 is 11.0 Å². The van der Waals surface area contributed by atoms with E-state index in [1.165, 1.54) is 6.07 Å². The predicted molar refractivity (Wildman–Crippen MR) is 112 cm³/mol. The SMILES string of the molecule is FC(F)(F)c1ccc(-c2nc(-c3ccccn3)ncc2-c2cnc3ccccc3n2)cn1. The molecule has 0 atom stereocenters. The summed E-state index contributed by atoms with van der Waals surface area (Å²) in [6.45, 7) is 0. The number of fused-ring (bicyclic) bond motifs is 1. The number of hydrogen-bond acceptors (Lipinski definition) is 6. The van der Waals surface area contributed by atoms with E-state index in [-0.39, 0.29) is 0 Å². The Bertz CT molecular complexity index is 1400. The lowest BCUT2D eigenvalue weighted by molar-refractivity contribution is -0.141. The van der Waals surface area contributed by atoms with Gasteiger partial charge in [0, 0.05) is 29.7 Å². The molecule has 9 heteroatoms. The molecule has 32 heavy (non-hydrogen) atoms. The van der Waals surface area contributed by atoms with Crippen molar-refractivity contribution in [1.82, 2.24) is 29.9 Å². The maximum atomic E-state index is 13.0. The summed E-state index contributed by atoms with van der Waals surface area (Å²) in [4.78, 5) is 25.9. The Balaban J connectivity index is 1.69. The van der Waals surface area contributed by atoms with E-state index in [4.69, 9.17) is 0 Å². The van der Waals surface area contributed by atoms with Crippen molar-refractivity contribution in [3.63, 3.8) is 0 Å². The number of pyridine rings is 2. The van der Waals surface area contributed by atoms with Gasteiger partial charge in [0.15, 0.2) is 5.82 Å². The molecule has 0 aliphatic heterocycles. The van der Waals surface area contributed by atoms with Crippen LogP contribution in [-0.4, -0.2) is 29.9 Å². The Kier molecular flexibility index (Phi) is 4.78. The molecule has 0 spiro atoms. The normalized spacial score (nSPS) is 11.6.